The molecule has 1 aromatic carbocycles. The molecule has 0 radical (unpaired) electrons. The molecule has 1 aromatic rings. The van der Waals surface area contributed by atoms with Crippen molar-refractivity contribution in [1.82, 2.24) is 4.90 Å². The zero-order valence-electron chi connectivity index (χ0n) is 14.3. The van der Waals surface area contributed by atoms with Crippen LogP contribution in [0.25, 0.3) is 0 Å². The summed E-state index contributed by atoms with van der Waals surface area (Å²) in [5, 5.41) is 31.0. The van der Waals surface area contributed by atoms with E-state index in [0.29, 0.717) is 13.0 Å². The summed E-state index contributed by atoms with van der Waals surface area (Å²) < 4.78 is 0. The first-order valence-corrected chi connectivity index (χ1v) is 9.35. The molecule has 1 saturated heterocycles. The Hall–Kier alpha value is -1.17. The van der Waals surface area contributed by atoms with Crippen LogP contribution >= 0.6 is 11.6 Å². The van der Waals surface area contributed by atoms with Crippen LogP contribution in [0, 0.1) is 0 Å². The fourth-order valence-electron chi connectivity index (χ4n) is 3.57. The molecule has 0 amide bonds. The van der Waals surface area contributed by atoms with Crippen molar-refractivity contribution < 1.29 is 15.3 Å². The van der Waals surface area contributed by atoms with Gasteiger partial charge in [0, 0.05) is 18.1 Å². The van der Waals surface area contributed by atoms with Crippen molar-refractivity contribution in [2.24, 2.45) is 0 Å². The molecule has 0 bridgehead atoms. The summed E-state index contributed by atoms with van der Waals surface area (Å²) in [6, 6.07) is 7.84. The van der Waals surface area contributed by atoms with Gasteiger partial charge in [-0.2, -0.15) is 0 Å². The first kappa shape index (κ1) is 18.6. The first-order valence-electron chi connectivity index (χ1n) is 8.97. The van der Waals surface area contributed by atoms with Gasteiger partial charge in [0.05, 0.1) is 0 Å². The number of hydrogen-bond acceptors (Lipinski definition) is 4. The zero-order chi connectivity index (χ0) is 17.8. The van der Waals surface area contributed by atoms with Crippen LogP contribution < -0.4 is 0 Å². The Bertz CT molecular complexity index is 641. The molecule has 3 unspecified atom stereocenters. The SMILES string of the molecule is OC1C=C2CCCN(C(O)CCCc3ccc(Cl)cc3)CC2=CC1O. The molecule has 136 valence electrons. The summed E-state index contributed by atoms with van der Waals surface area (Å²) in [6.07, 6.45) is 5.70. The molecular formula is C20H26ClNO3. The van der Waals surface area contributed by atoms with Crippen LogP contribution in [0.1, 0.15) is 31.2 Å². The standard InChI is InChI=1S/C20H26ClNO3/c21-17-8-6-14(7-9-17)3-1-5-20(25)22-10-2-4-15-11-18(23)19(24)12-16(15)13-22/h6-9,11-12,18-20,23-25H,1-5,10,13H2. The minimum atomic E-state index is -0.847. The Balaban J connectivity index is 1.53. The number of rotatable bonds is 5. The fraction of sp³-hybridized carbons (Fsp3) is 0.500. The highest BCUT2D eigenvalue weighted by Gasteiger charge is 2.26. The van der Waals surface area contributed by atoms with Crippen LogP contribution in [0.2, 0.25) is 5.02 Å². The van der Waals surface area contributed by atoms with Crippen LogP contribution in [-0.4, -0.2) is 51.7 Å². The van der Waals surface area contributed by atoms with Crippen molar-refractivity contribution in [3.05, 3.63) is 58.1 Å². The van der Waals surface area contributed by atoms with Gasteiger partial charge in [-0.3, -0.25) is 4.90 Å². The zero-order valence-corrected chi connectivity index (χ0v) is 15.1. The first-order chi connectivity index (χ1) is 12.0. The Morgan fingerprint density at radius 2 is 1.76 bits per heavy atom. The van der Waals surface area contributed by atoms with Gasteiger partial charge in [0.25, 0.3) is 0 Å². The fourth-order valence-corrected chi connectivity index (χ4v) is 3.69. The van der Waals surface area contributed by atoms with E-state index in [1.165, 1.54) is 5.56 Å². The molecule has 1 fully saturated rings. The predicted molar refractivity (Wildman–Crippen MR) is 99.4 cm³/mol. The molecule has 0 aromatic heterocycles. The maximum atomic E-state index is 10.6. The summed E-state index contributed by atoms with van der Waals surface area (Å²) >= 11 is 5.90. The maximum Gasteiger partial charge on any atom is 0.107 e. The summed E-state index contributed by atoms with van der Waals surface area (Å²) in [4.78, 5) is 2.07. The van der Waals surface area contributed by atoms with E-state index in [-0.39, 0.29) is 0 Å². The second-order valence-electron chi connectivity index (χ2n) is 6.94. The van der Waals surface area contributed by atoms with Gasteiger partial charge in [-0.15, -0.1) is 0 Å². The van der Waals surface area contributed by atoms with Crippen molar-refractivity contribution in [3.63, 3.8) is 0 Å². The Morgan fingerprint density at radius 1 is 1.08 bits per heavy atom. The number of aliphatic hydroxyl groups is 3. The molecule has 4 nitrogen and oxygen atoms in total. The van der Waals surface area contributed by atoms with Crippen LogP contribution in [0.15, 0.2) is 47.6 Å². The van der Waals surface area contributed by atoms with Gasteiger partial charge in [0.2, 0.25) is 0 Å². The molecule has 2 aliphatic rings. The van der Waals surface area contributed by atoms with E-state index in [0.717, 1.165) is 48.4 Å². The second-order valence-corrected chi connectivity index (χ2v) is 7.37. The van der Waals surface area contributed by atoms with E-state index in [2.05, 4.69) is 4.90 Å². The molecule has 0 saturated carbocycles. The summed E-state index contributed by atoms with van der Waals surface area (Å²) in [6.45, 7) is 1.45. The van der Waals surface area contributed by atoms with Crippen molar-refractivity contribution in [3.8, 4) is 0 Å². The highest BCUT2D eigenvalue weighted by atomic mass is 35.5. The second kappa shape index (κ2) is 8.47. The number of fused-ring (bicyclic) bond motifs is 1. The lowest BCUT2D eigenvalue weighted by Gasteiger charge is -2.28. The topological polar surface area (TPSA) is 63.9 Å². The third-order valence-corrected chi connectivity index (χ3v) is 5.29. The van der Waals surface area contributed by atoms with E-state index in [4.69, 9.17) is 11.6 Å². The molecular weight excluding hydrogens is 338 g/mol. The molecule has 5 heteroatoms. The van der Waals surface area contributed by atoms with Crippen LogP contribution in [0.4, 0.5) is 0 Å². The number of aryl methyl sites for hydroxylation is 1. The molecule has 1 aliphatic heterocycles. The predicted octanol–water partition coefficient (Wildman–Crippen LogP) is 2.67. The third-order valence-electron chi connectivity index (χ3n) is 5.03. The molecule has 0 spiro atoms. The van der Waals surface area contributed by atoms with Gasteiger partial charge in [0.1, 0.15) is 18.4 Å². The highest BCUT2D eigenvalue weighted by Crippen LogP contribution is 2.28. The van der Waals surface area contributed by atoms with Crippen molar-refractivity contribution in [2.75, 3.05) is 13.1 Å². The number of hydrogen-bond donors (Lipinski definition) is 3. The third kappa shape index (κ3) is 4.93. The van der Waals surface area contributed by atoms with E-state index in [9.17, 15) is 15.3 Å². The van der Waals surface area contributed by atoms with E-state index in [1.807, 2.05) is 24.3 Å². The lowest BCUT2D eigenvalue weighted by Crippen LogP contribution is -2.37. The Labute approximate surface area is 154 Å². The summed E-state index contributed by atoms with van der Waals surface area (Å²) in [5.41, 5.74) is 3.37. The van der Waals surface area contributed by atoms with Crippen molar-refractivity contribution in [2.45, 2.75) is 50.5 Å². The van der Waals surface area contributed by atoms with Gasteiger partial charge in [-0.05, 0) is 73.1 Å². The molecule has 25 heavy (non-hydrogen) atoms. The number of halogens is 1. The van der Waals surface area contributed by atoms with Crippen LogP contribution in [-0.2, 0) is 6.42 Å². The maximum absolute atomic E-state index is 10.6. The highest BCUT2D eigenvalue weighted by molar-refractivity contribution is 6.30. The summed E-state index contributed by atoms with van der Waals surface area (Å²) in [5.74, 6) is 0. The van der Waals surface area contributed by atoms with Gasteiger partial charge in [-0.1, -0.05) is 23.7 Å². The molecule has 3 rings (SSSR count). The number of aliphatic hydroxyl groups excluding tert-OH is 3. The number of benzene rings is 1. The van der Waals surface area contributed by atoms with Crippen molar-refractivity contribution in [1.29, 1.82) is 0 Å². The van der Waals surface area contributed by atoms with Gasteiger partial charge < -0.3 is 15.3 Å². The largest absolute Gasteiger partial charge is 0.386 e. The Kier molecular flexibility index (Phi) is 6.31. The number of likely N-dealkylation sites (tertiary alicyclic amines) is 1. The summed E-state index contributed by atoms with van der Waals surface area (Å²) in [7, 11) is 0. The lowest BCUT2D eigenvalue weighted by atomic mass is 9.92. The average Bonchev–Trinajstić information content (AvgIpc) is 2.79. The monoisotopic (exact) mass is 363 g/mol. The minimum Gasteiger partial charge on any atom is -0.386 e. The van der Waals surface area contributed by atoms with Gasteiger partial charge >= 0.3 is 0 Å². The van der Waals surface area contributed by atoms with Crippen molar-refractivity contribution >= 4 is 11.6 Å². The number of nitrogens with zero attached hydrogens (tertiary/aromatic N) is 1. The lowest BCUT2D eigenvalue weighted by molar-refractivity contribution is 0.00350. The Morgan fingerprint density at radius 3 is 2.48 bits per heavy atom. The smallest absolute Gasteiger partial charge is 0.107 e. The van der Waals surface area contributed by atoms with Gasteiger partial charge in [0.15, 0.2) is 0 Å². The molecule has 1 heterocycles. The van der Waals surface area contributed by atoms with Crippen LogP contribution in [0.5, 0.6) is 0 Å². The molecule has 3 N–H and O–H groups in total. The quantitative estimate of drug-likeness (QED) is 0.752. The molecule has 3 atom stereocenters. The van der Waals surface area contributed by atoms with E-state index >= 15 is 0 Å². The van der Waals surface area contributed by atoms with Crippen LogP contribution in [0.3, 0.4) is 0 Å². The van der Waals surface area contributed by atoms with E-state index in [1.54, 1.807) is 12.2 Å². The van der Waals surface area contributed by atoms with E-state index < -0.39 is 18.4 Å². The average molecular weight is 364 g/mol. The minimum absolute atomic E-state index is 0.489. The molecule has 1 aliphatic carbocycles. The van der Waals surface area contributed by atoms with Gasteiger partial charge in [-0.25, -0.2) is 0 Å². The normalized spacial score (nSPS) is 25.6.